The summed E-state index contributed by atoms with van der Waals surface area (Å²) in [7, 11) is 3.32. The number of rotatable bonds is 10. The van der Waals surface area contributed by atoms with Gasteiger partial charge in [-0.2, -0.15) is 0 Å². The lowest BCUT2D eigenvalue weighted by Crippen LogP contribution is -2.23. The van der Waals surface area contributed by atoms with Crippen molar-refractivity contribution in [2.75, 3.05) is 32.7 Å². The van der Waals surface area contributed by atoms with Gasteiger partial charge in [0, 0.05) is 24.9 Å². The van der Waals surface area contributed by atoms with Crippen molar-refractivity contribution >= 4 is 11.6 Å². The van der Waals surface area contributed by atoms with Crippen LogP contribution in [-0.2, 0) is 17.8 Å². The summed E-state index contributed by atoms with van der Waals surface area (Å²) in [6, 6.07) is 13.9. The third-order valence-electron chi connectivity index (χ3n) is 4.01. The lowest BCUT2D eigenvalue weighted by molar-refractivity contribution is 0.185. The number of hydrogen-bond donors (Lipinski definition) is 2. The SMILES string of the molecule is CCOc1cc(CCCN=C(N)Nc2ccccc2COC)ccc1OC. The first-order valence-electron chi connectivity index (χ1n) is 9.11. The average Bonchev–Trinajstić information content (AvgIpc) is 2.67. The van der Waals surface area contributed by atoms with Gasteiger partial charge < -0.3 is 25.3 Å². The zero-order valence-electron chi connectivity index (χ0n) is 16.3. The van der Waals surface area contributed by atoms with Gasteiger partial charge in [0.1, 0.15) is 0 Å². The molecule has 0 amide bonds. The molecule has 0 atom stereocenters. The second-order valence-corrected chi connectivity index (χ2v) is 6.00. The molecule has 0 unspecified atom stereocenters. The minimum Gasteiger partial charge on any atom is -0.493 e. The summed E-state index contributed by atoms with van der Waals surface area (Å²) in [4.78, 5) is 4.41. The molecule has 2 aromatic rings. The topological polar surface area (TPSA) is 78.1 Å². The van der Waals surface area contributed by atoms with Crippen LogP contribution < -0.4 is 20.5 Å². The normalized spacial score (nSPS) is 11.3. The Hall–Kier alpha value is -2.73. The third kappa shape index (κ3) is 6.49. The van der Waals surface area contributed by atoms with Crippen LogP contribution in [0.3, 0.4) is 0 Å². The molecule has 0 saturated carbocycles. The molecule has 0 aromatic heterocycles. The van der Waals surface area contributed by atoms with Crippen LogP contribution in [0.1, 0.15) is 24.5 Å². The van der Waals surface area contributed by atoms with E-state index in [1.165, 1.54) is 5.56 Å². The number of aliphatic imine (C=N–C) groups is 1. The summed E-state index contributed by atoms with van der Waals surface area (Å²) in [5.74, 6) is 1.93. The van der Waals surface area contributed by atoms with Gasteiger partial charge in [0.25, 0.3) is 0 Å². The van der Waals surface area contributed by atoms with E-state index in [1.807, 2.05) is 49.4 Å². The van der Waals surface area contributed by atoms with Crippen molar-refractivity contribution in [1.29, 1.82) is 0 Å². The summed E-state index contributed by atoms with van der Waals surface area (Å²) in [5, 5.41) is 3.15. The van der Waals surface area contributed by atoms with Crippen LogP contribution in [0.4, 0.5) is 5.69 Å². The zero-order valence-corrected chi connectivity index (χ0v) is 16.3. The van der Waals surface area contributed by atoms with Gasteiger partial charge >= 0.3 is 0 Å². The molecular weight excluding hydrogens is 342 g/mol. The van der Waals surface area contributed by atoms with Gasteiger partial charge in [0.2, 0.25) is 0 Å². The molecule has 0 bridgehead atoms. The number of guanidine groups is 1. The Morgan fingerprint density at radius 1 is 1.11 bits per heavy atom. The quantitative estimate of drug-likeness (QED) is 0.379. The Morgan fingerprint density at radius 3 is 2.67 bits per heavy atom. The average molecular weight is 371 g/mol. The number of aryl methyl sites for hydroxylation is 1. The van der Waals surface area contributed by atoms with Gasteiger partial charge in [0.05, 0.1) is 20.3 Å². The number of ether oxygens (including phenoxy) is 3. The molecule has 0 saturated heterocycles. The molecule has 0 radical (unpaired) electrons. The predicted octanol–water partition coefficient (Wildman–Crippen LogP) is 3.60. The third-order valence-corrected chi connectivity index (χ3v) is 4.01. The molecule has 0 aliphatic rings. The van der Waals surface area contributed by atoms with E-state index in [-0.39, 0.29) is 0 Å². The Balaban J connectivity index is 1.87. The second kappa shape index (κ2) is 11.1. The highest BCUT2D eigenvalue weighted by Crippen LogP contribution is 2.28. The highest BCUT2D eigenvalue weighted by Gasteiger charge is 2.05. The fourth-order valence-electron chi connectivity index (χ4n) is 2.73. The molecule has 0 aliphatic carbocycles. The summed E-state index contributed by atoms with van der Waals surface area (Å²) in [6.07, 6.45) is 1.78. The molecule has 3 N–H and O–H groups in total. The Bertz CT molecular complexity index is 747. The largest absolute Gasteiger partial charge is 0.493 e. The lowest BCUT2D eigenvalue weighted by Gasteiger charge is -2.11. The van der Waals surface area contributed by atoms with Crippen LogP contribution in [0, 0.1) is 0 Å². The number of anilines is 1. The molecule has 0 spiro atoms. The number of methoxy groups -OCH3 is 2. The van der Waals surface area contributed by atoms with E-state index in [9.17, 15) is 0 Å². The number of para-hydroxylation sites is 1. The van der Waals surface area contributed by atoms with Crippen LogP contribution in [-0.4, -0.2) is 33.3 Å². The first-order chi connectivity index (χ1) is 13.2. The minimum absolute atomic E-state index is 0.406. The monoisotopic (exact) mass is 371 g/mol. The lowest BCUT2D eigenvalue weighted by atomic mass is 10.1. The maximum atomic E-state index is 6.01. The van der Waals surface area contributed by atoms with Crippen LogP contribution in [0.5, 0.6) is 11.5 Å². The molecule has 2 rings (SSSR count). The van der Waals surface area contributed by atoms with Gasteiger partial charge in [-0.15, -0.1) is 0 Å². The smallest absolute Gasteiger partial charge is 0.193 e. The van der Waals surface area contributed by atoms with Crippen molar-refractivity contribution < 1.29 is 14.2 Å². The minimum atomic E-state index is 0.406. The molecule has 6 heteroatoms. The van der Waals surface area contributed by atoms with E-state index < -0.39 is 0 Å². The van der Waals surface area contributed by atoms with Crippen molar-refractivity contribution in [3.05, 3.63) is 53.6 Å². The van der Waals surface area contributed by atoms with E-state index in [0.29, 0.717) is 25.7 Å². The molecule has 0 fully saturated rings. The van der Waals surface area contributed by atoms with Gasteiger partial charge in [-0.05, 0) is 43.5 Å². The highest BCUT2D eigenvalue weighted by atomic mass is 16.5. The number of benzene rings is 2. The van der Waals surface area contributed by atoms with Crippen molar-refractivity contribution in [2.45, 2.75) is 26.4 Å². The fraction of sp³-hybridized carbons (Fsp3) is 0.381. The summed E-state index contributed by atoms with van der Waals surface area (Å²) >= 11 is 0. The summed E-state index contributed by atoms with van der Waals surface area (Å²) in [5.41, 5.74) is 9.16. The molecule has 146 valence electrons. The number of nitrogens with two attached hydrogens (primary N) is 1. The van der Waals surface area contributed by atoms with Crippen LogP contribution >= 0.6 is 0 Å². The van der Waals surface area contributed by atoms with E-state index in [4.69, 9.17) is 19.9 Å². The van der Waals surface area contributed by atoms with Gasteiger partial charge in [0.15, 0.2) is 17.5 Å². The van der Waals surface area contributed by atoms with E-state index >= 15 is 0 Å². The van der Waals surface area contributed by atoms with E-state index in [2.05, 4.69) is 10.3 Å². The molecule has 0 heterocycles. The Morgan fingerprint density at radius 2 is 1.93 bits per heavy atom. The number of nitrogens with one attached hydrogen (secondary N) is 1. The van der Waals surface area contributed by atoms with Crippen LogP contribution in [0.25, 0.3) is 0 Å². The second-order valence-electron chi connectivity index (χ2n) is 6.00. The predicted molar refractivity (Wildman–Crippen MR) is 110 cm³/mol. The van der Waals surface area contributed by atoms with Crippen molar-refractivity contribution in [1.82, 2.24) is 0 Å². The first kappa shape index (κ1) is 20.6. The van der Waals surface area contributed by atoms with Gasteiger partial charge in [-0.3, -0.25) is 4.99 Å². The fourth-order valence-corrected chi connectivity index (χ4v) is 2.73. The van der Waals surface area contributed by atoms with Gasteiger partial charge in [-0.1, -0.05) is 24.3 Å². The zero-order chi connectivity index (χ0) is 19.5. The number of nitrogens with zero attached hydrogens (tertiary/aromatic N) is 1. The van der Waals surface area contributed by atoms with E-state index in [0.717, 1.165) is 35.6 Å². The molecule has 0 aliphatic heterocycles. The van der Waals surface area contributed by atoms with Crippen molar-refractivity contribution in [3.63, 3.8) is 0 Å². The standard InChI is InChI=1S/C21H29N3O3/c1-4-27-20-14-16(11-12-19(20)26-3)8-7-13-23-21(22)24-18-10-6-5-9-17(18)15-25-2/h5-6,9-12,14H,4,7-8,13,15H2,1-3H3,(H3,22,23,24). The maximum Gasteiger partial charge on any atom is 0.193 e. The Kier molecular flexibility index (Phi) is 8.45. The number of hydrogen-bond acceptors (Lipinski definition) is 4. The van der Waals surface area contributed by atoms with Crippen LogP contribution in [0.2, 0.25) is 0 Å². The molecule has 6 nitrogen and oxygen atoms in total. The van der Waals surface area contributed by atoms with Crippen LogP contribution in [0.15, 0.2) is 47.5 Å². The summed E-state index contributed by atoms with van der Waals surface area (Å²) < 4.78 is 16.1. The van der Waals surface area contributed by atoms with Crippen molar-refractivity contribution in [2.24, 2.45) is 10.7 Å². The summed E-state index contributed by atoms with van der Waals surface area (Å²) in [6.45, 7) is 3.73. The van der Waals surface area contributed by atoms with E-state index in [1.54, 1.807) is 14.2 Å². The Labute approximate surface area is 161 Å². The maximum absolute atomic E-state index is 6.01. The highest BCUT2D eigenvalue weighted by molar-refractivity contribution is 5.92. The van der Waals surface area contributed by atoms with Crippen molar-refractivity contribution in [3.8, 4) is 11.5 Å². The van der Waals surface area contributed by atoms with Gasteiger partial charge in [-0.25, -0.2) is 0 Å². The molecular formula is C21H29N3O3. The molecule has 2 aromatic carbocycles. The molecule has 27 heavy (non-hydrogen) atoms. The first-order valence-corrected chi connectivity index (χ1v) is 9.11.